The average molecular weight is 493 g/mol. The molecule has 0 heterocycles. The van der Waals surface area contributed by atoms with Crippen LogP contribution in [0.4, 0.5) is 0 Å². The van der Waals surface area contributed by atoms with Gasteiger partial charge in [-0.15, -0.1) is 0 Å². The number of carbonyl (C=O) groups excluding carboxylic acids is 3. The van der Waals surface area contributed by atoms with Gasteiger partial charge in [-0.1, -0.05) is 13.0 Å². The molecule has 4 fully saturated rings. The Morgan fingerprint density at radius 3 is 2.18 bits per heavy atom. The van der Waals surface area contributed by atoms with Crippen LogP contribution in [0.1, 0.15) is 51.9 Å². The van der Waals surface area contributed by atoms with E-state index in [2.05, 4.69) is 26.2 Å². The Morgan fingerprint density at radius 2 is 1.62 bits per heavy atom. The molecular weight excluding hydrogens is 452 g/mol. The quantitative estimate of drug-likeness (QED) is 0.245. The highest BCUT2D eigenvalue weighted by Crippen LogP contribution is 2.79. The fourth-order valence-electron chi connectivity index (χ4n) is 8.94. The molecule has 7 nitrogen and oxygen atoms in total. The third-order valence-electron chi connectivity index (χ3n) is 9.61. The number of methoxy groups -OCH3 is 3. The van der Waals surface area contributed by atoms with Crippen LogP contribution >= 0.6 is 0 Å². The maximum absolute atomic E-state index is 13.8. The largest absolute Gasteiger partial charge is 0.469 e. The van der Waals surface area contributed by atoms with Crippen LogP contribution in [0.15, 0.2) is 12.2 Å². The Balaban J connectivity index is 1.98. The van der Waals surface area contributed by atoms with Gasteiger partial charge in [-0.3, -0.25) is 14.4 Å². The van der Waals surface area contributed by atoms with Gasteiger partial charge in [0.05, 0.1) is 43.7 Å². The lowest BCUT2D eigenvalue weighted by Gasteiger charge is -2.51. The van der Waals surface area contributed by atoms with Crippen LogP contribution in [0, 0.1) is 34.0 Å². The molecule has 4 rings (SSSR count). The Bertz CT molecular complexity index is 925. The van der Waals surface area contributed by atoms with Gasteiger partial charge in [0, 0.05) is 5.92 Å². The summed E-state index contributed by atoms with van der Waals surface area (Å²) >= 11 is 0. The highest BCUT2D eigenvalue weighted by atomic mass is 28.4. The van der Waals surface area contributed by atoms with Crippen molar-refractivity contribution in [3.63, 3.8) is 0 Å². The molecule has 4 aliphatic rings. The van der Waals surface area contributed by atoms with Crippen molar-refractivity contribution in [1.29, 1.82) is 0 Å². The molecule has 0 saturated heterocycles. The number of rotatable bonds is 5. The molecule has 4 aliphatic carbocycles. The standard InChI is InChI=1S/C26H40O7Si/c1-16-14-24-15-25(16,33-34(6,7)8)13-10-17(24)26(22(29)32-5)12-9-11-23(2,21(28)31-4)19(26)18(24)20(27)30-3/h17-19H,1,9-15H2,2-8H3/t17-,18-,19-,23-,24+,25+,26-/m1/s1. The molecule has 7 atom stereocenters. The first-order valence-electron chi connectivity index (χ1n) is 12.4. The van der Waals surface area contributed by atoms with Crippen molar-refractivity contribution in [2.24, 2.45) is 34.0 Å². The summed E-state index contributed by atoms with van der Waals surface area (Å²) in [6.07, 6.45) is 4.53. The topological polar surface area (TPSA) is 88.1 Å². The van der Waals surface area contributed by atoms with E-state index in [1.54, 1.807) is 0 Å². The second-order valence-corrected chi connectivity index (χ2v) is 16.7. The van der Waals surface area contributed by atoms with Crippen molar-refractivity contribution in [2.75, 3.05) is 21.3 Å². The molecule has 0 aliphatic heterocycles. The molecule has 4 saturated carbocycles. The Morgan fingerprint density at radius 1 is 0.971 bits per heavy atom. The lowest BCUT2D eigenvalue weighted by Crippen LogP contribution is -2.55. The summed E-state index contributed by atoms with van der Waals surface area (Å²) in [4.78, 5) is 40.7. The van der Waals surface area contributed by atoms with Gasteiger partial charge in [-0.2, -0.15) is 0 Å². The van der Waals surface area contributed by atoms with Crippen molar-refractivity contribution in [3.05, 3.63) is 12.2 Å². The third-order valence-corrected chi connectivity index (χ3v) is 10.6. The highest BCUT2D eigenvalue weighted by molar-refractivity contribution is 6.69. The molecule has 0 radical (unpaired) electrons. The van der Waals surface area contributed by atoms with E-state index in [0.717, 1.165) is 18.4 Å². The number of ether oxygens (including phenoxy) is 3. The summed E-state index contributed by atoms with van der Waals surface area (Å²) in [7, 11) is 2.24. The first-order chi connectivity index (χ1) is 15.8. The van der Waals surface area contributed by atoms with E-state index in [4.69, 9.17) is 18.6 Å². The molecular formula is C26H40O7Si. The van der Waals surface area contributed by atoms with Crippen LogP contribution in [0.3, 0.4) is 0 Å². The van der Waals surface area contributed by atoms with Crippen molar-refractivity contribution < 1.29 is 33.0 Å². The van der Waals surface area contributed by atoms with Crippen molar-refractivity contribution >= 4 is 26.2 Å². The number of hydrogen-bond donors (Lipinski definition) is 0. The summed E-state index contributed by atoms with van der Waals surface area (Å²) in [6, 6.07) is 0. The summed E-state index contributed by atoms with van der Waals surface area (Å²) in [5.74, 6) is -2.40. The summed E-state index contributed by atoms with van der Waals surface area (Å²) < 4.78 is 22.9. The molecule has 0 N–H and O–H groups in total. The van der Waals surface area contributed by atoms with Crippen LogP contribution in [0.2, 0.25) is 19.6 Å². The van der Waals surface area contributed by atoms with Gasteiger partial charge in [0.15, 0.2) is 8.32 Å². The molecule has 0 aromatic heterocycles. The minimum Gasteiger partial charge on any atom is -0.469 e. The first kappa shape index (κ1) is 25.4. The zero-order valence-corrected chi connectivity index (χ0v) is 22.7. The van der Waals surface area contributed by atoms with E-state index >= 15 is 0 Å². The van der Waals surface area contributed by atoms with E-state index in [9.17, 15) is 14.4 Å². The van der Waals surface area contributed by atoms with Crippen LogP contribution in [0.25, 0.3) is 0 Å². The second kappa shape index (κ2) is 7.92. The van der Waals surface area contributed by atoms with Gasteiger partial charge in [-0.25, -0.2) is 0 Å². The predicted molar refractivity (Wildman–Crippen MR) is 128 cm³/mol. The summed E-state index contributed by atoms with van der Waals surface area (Å²) in [5.41, 5.74) is -2.02. The van der Waals surface area contributed by atoms with E-state index in [1.165, 1.54) is 21.3 Å². The van der Waals surface area contributed by atoms with Crippen molar-refractivity contribution in [1.82, 2.24) is 0 Å². The fourth-order valence-corrected chi connectivity index (χ4v) is 10.4. The van der Waals surface area contributed by atoms with Crippen LogP contribution in [-0.2, 0) is 33.0 Å². The zero-order valence-electron chi connectivity index (χ0n) is 21.7. The normalized spacial score (nSPS) is 43.0. The molecule has 1 spiro atoms. The second-order valence-electron chi connectivity index (χ2n) is 12.3. The van der Waals surface area contributed by atoms with E-state index < -0.39 is 42.0 Å². The molecule has 0 unspecified atom stereocenters. The fraction of sp³-hybridized carbons (Fsp3) is 0.808. The lowest BCUT2D eigenvalue weighted by atomic mass is 9.52. The van der Waals surface area contributed by atoms with Crippen LogP contribution in [0.5, 0.6) is 0 Å². The molecule has 2 bridgehead atoms. The number of fused-ring (bicyclic) bond motifs is 3. The Kier molecular flexibility index (Phi) is 5.92. The zero-order chi connectivity index (χ0) is 25.3. The van der Waals surface area contributed by atoms with Gasteiger partial charge in [0.1, 0.15) is 0 Å². The molecule has 190 valence electrons. The van der Waals surface area contributed by atoms with Crippen LogP contribution in [-0.4, -0.2) is 53.2 Å². The monoisotopic (exact) mass is 492 g/mol. The van der Waals surface area contributed by atoms with E-state index in [0.29, 0.717) is 32.1 Å². The lowest BCUT2D eigenvalue weighted by molar-refractivity contribution is -0.181. The van der Waals surface area contributed by atoms with Crippen LogP contribution < -0.4 is 0 Å². The smallest absolute Gasteiger partial charge is 0.312 e. The van der Waals surface area contributed by atoms with Gasteiger partial charge in [0.25, 0.3) is 0 Å². The van der Waals surface area contributed by atoms with Gasteiger partial charge in [-0.05, 0) is 82.0 Å². The minimum atomic E-state index is -1.94. The molecule has 34 heavy (non-hydrogen) atoms. The summed E-state index contributed by atoms with van der Waals surface area (Å²) in [5, 5.41) is 0. The predicted octanol–water partition coefficient (Wildman–Crippen LogP) is 4.26. The SMILES string of the molecule is C=C1C[C@]23C[C@@]1(O[Si](C)(C)C)CC[C@H]2[C@]1(C(=O)OC)CCC[C@@](C)(C(=O)OC)[C@H]1[C@@H]3C(=O)OC. The molecule has 0 amide bonds. The van der Waals surface area contributed by atoms with E-state index in [1.807, 2.05) is 6.92 Å². The number of hydrogen-bond acceptors (Lipinski definition) is 7. The Labute approximate surface area is 204 Å². The number of carbonyl (C=O) groups is 3. The maximum Gasteiger partial charge on any atom is 0.312 e. The minimum absolute atomic E-state index is 0.122. The van der Waals surface area contributed by atoms with Crippen molar-refractivity contribution in [2.45, 2.75) is 77.1 Å². The van der Waals surface area contributed by atoms with Gasteiger partial charge in [0.2, 0.25) is 0 Å². The molecule has 0 aromatic rings. The van der Waals surface area contributed by atoms with E-state index in [-0.39, 0.29) is 23.8 Å². The molecule has 0 aromatic carbocycles. The van der Waals surface area contributed by atoms with Gasteiger partial charge >= 0.3 is 17.9 Å². The number of esters is 3. The molecule has 8 heteroatoms. The third kappa shape index (κ3) is 3.13. The highest BCUT2D eigenvalue weighted by Gasteiger charge is 2.81. The first-order valence-corrected chi connectivity index (χ1v) is 15.8. The average Bonchev–Trinajstić information content (AvgIpc) is 3.15. The summed E-state index contributed by atoms with van der Waals surface area (Å²) in [6.45, 7) is 12.8. The van der Waals surface area contributed by atoms with Gasteiger partial charge < -0.3 is 18.6 Å². The van der Waals surface area contributed by atoms with Crippen molar-refractivity contribution in [3.8, 4) is 0 Å². The Hall–Kier alpha value is -1.67. The maximum atomic E-state index is 13.8.